The van der Waals surface area contributed by atoms with Gasteiger partial charge in [-0.25, -0.2) is 0 Å². The molecule has 0 aliphatic rings. The van der Waals surface area contributed by atoms with Crippen molar-refractivity contribution in [2.24, 2.45) is 5.92 Å². The highest BCUT2D eigenvalue weighted by molar-refractivity contribution is 6.35. The van der Waals surface area contributed by atoms with Crippen LogP contribution in [0.25, 0.3) is 0 Å². The van der Waals surface area contributed by atoms with E-state index in [4.69, 9.17) is 4.74 Å². The minimum absolute atomic E-state index is 0.296. The number of benzene rings is 1. The number of hydrogen-bond acceptors (Lipinski definition) is 3. The average molecular weight is 292 g/mol. The Labute approximate surface area is 126 Å². The lowest BCUT2D eigenvalue weighted by Crippen LogP contribution is -2.41. The fourth-order valence-electron chi connectivity index (χ4n) is 1.60. The van der Waals surface area contributed by atoms with Crippen LogP contribution in [0, 0.1) is 12.8 Å². The van der Waals surface area contributed by atoms with Crippen LogP contribution in [0.4, 0.5) is 0 Å². The van der Waals surface area contributed by atoms with Crippen molar-refractivity contribution in [1.29, 1.82) is 0 Å². The van der Waals surface area contributed by atoms with Gasteiger partial charge in [0.05, 0.1) is 6.54 Å². The zero-order valence-corrected chi connectivity index (χ0v) is 12.9. The first kappa shape index (κ1) is 17.0. The third-order valence-corrected chi connectivity index (χ3v) is 2.89. The number of rotatable bonds is 7. The van der Waals surface area contributed by atoms with Gasteiger partial charge in [-0.1, -0.05) is 31.5 Å². The number of nitrogens with one attached hydrogen (secondary N) is 2. The monoisotopic (exact) mass is 292 g/mol. The predicted molar refractivity (Wildman–Crippen MR) is 82.1 cm³/mol. The van der Waals surface area contributed by atoms with E-state index in [0.717, 1.165) is 17.7 Å². The van der Waals surface area contributed by atoms with Gasteiger partial charge in [0.2, 0.25) is 0 Å². The molecule has 5 heteroatoms. The summed E-state index contributed by atoms with van der Waals surface area (Å²) < 4.78 is 5.46. The van der Waals surface area contributed by atoms with Gasteiger partial charge in [0.25, 0.3) is 0 Å². The van der Waals surface area contributed by atoms with E-state index in [2.05, 4.69) is 24.5 Å². The summed E-state index contributed by atoms with van der Waals surface area (Å²) in [6.07, 6.45) is 0.857. The van der Waals surface area contributed by atoms with E-state index in [1.165, 1.54) is 0 Å². The fourth-order valence-corrected chi connectivity index (χ4v) is 1.60. The summed E-state index contributed by atoms with van der Waals surface area (Å²) in [6.45, 7) is 7.27. The van der Waals surface area contributed by atoms with E-state index in [1.807, 2.05) is 31.2 Å². The second kappa shape index (κ2) is 9.00. The number of carbonyl (C=O) groups is 2. The quantitative estimate of drug-likeness (QED) is 0.593. The summed E-state index contributed by atoms with van der Waals surface area (Å²) >= 11 is 0. The summed E-state index contributed by atoms with van der Waals surface area (Å²) in [4.78, 5) is 23.0. The van der Waals surface area contributed by atoms with Crippen molar-refractivity contribution in [3.8, 4) is 5.75 Å². The molecule has 116 valence electrons. The van der Waals surface area contributed by atoms with Crippen molar-refractivity contribution in [3.63, 3.8) is 0 Å². The van der Waals surface area contributed by atoms with E-state index in [-0.39, 0.29) is 0 Å². The van der Waals surface area contributed by atoms with Crippen LogP contribution in [-0.4, -0.2) is 31.5 Å². The molecule has 0 bridgehead atoms. The van der Waals surface area contributed by atoms with Crippen LogP contribution in [0.2, 0.25) is 0 Å². The Kier molecular flexibility index (Phi) is 7.29. The maximum Gasteiger partial charge on any atom is 0.309 e. The Hall–Kier alpha value is -2.04. The molecule has 1 aromatic carbocycles. The second-order valence-corrected chi connectivity index (χ2v) is 5.36. The topological polar surface area (TPSA) is 67.4 Å². The minimum Gasteiger partial charge on any atom is -0.492 e. The van der Waals surface area contributed by atoms with Crippen LogP contribution < -0.4 is 15.4 Å². The van der Waals surface area contributed by atoms with Gasteiger partial charge in [-0.3, -0.25) is 9.59 Å². The standard InChI is InChI=1S/C16H24N2O3/c1-12(2)8-9-17-15(19)16(20)18-10-11-21-14-6-4-13(3)5-7-14/h4-7,12H,8-11H2,1-3H3,(H,17,19)(H,18,20). The van der Waals surface area contributed by atoms with Gasteiger partial charge in [0.15, 0.2) is 0 Å². The zero-order valence-electron chi connectivity index (χ0n) is 12.9. The molecule has 0 heterocycles. The van der Waals surface area contributed by atoms with Crippen molar-refractivity contribution >= 4 is 11.8 Å². The molecular weight excluding hydrogens is 268 g/mol. The van der Waals surface area contributed by atoms with Crippen molar-refractivity contribution in [1.82, 2.24) is 10.6 Å². The largest absolute Gasteiger partial charge is 0.492 e. The fraction of sp³-hybridized carbons (Fsp3) is 0.500. The van der Waals surface area contributed by atoms with Gasteiger partial charge in [-0.15, -0.1) is 0 Å². The first-order chi connectivity index (χ1) is 9.99. The van der Waals surface area contributed by atoms with Crippen LogP contribution >= 0.6 is 0 Å². The molecular formula is C16H24N2O3. The van der Waals surface area contributed by atoms with Crippen molar-refractivity contribution in [3.05, 3.63) is 29.8 Å². The Morgan fingerprint density at radius 2 is 1.62 bits per heavy atom. The summed E-state index contributed by atoms with van der Waals surface area (Å²) in [7, 11) is 0. The minimum atomic E-state index is -0.619. The smallest absolute Gasteiger partial charge is 0.309 e. The van der Waals surface area contributed by atoms with Crippen LogP contribution in [0.15, 0.2) is 24.3 Å². The lowest BCUT2D eigenvalue weighted by molar-refractivity contribution is -0.139. The van der Waals surface area contributed by atoms with Gasteiger partial charge in [-0.05, 0) is 31.4 Å². The van der Waals surface area contributed by atoms with Gasteiger partial charge < -0.3 is 15.4 Å². The molecule has 1 rings (SSSR count). The van der Waals surface area contributed by atoms with Crippen molar-refractivity contribution < 1.29 is 14.3 Å². The number of amides is 2. The highest BCUT2D eigenvalue weighted by atomic mass is 16.5. The lowest BCUT2D eigenvalue weighted by atomic mass is 10.1. The summed E-state index contributed by atoms with van der Waals surface area (Å²) in [5.74, 6) is 0.0322. The molecule has 0 saturated heterocycles. The first-order valence-electron chi connectivity index (χ1n) is 7.24. The maximum absolute atomic E-state index is 11.5. The van der Waals surface area contributed by atoms with Gasteiger partial charge in [0, 0.05) is 6.54 Å². The Morgan fingerprint density at radius 1 is 1.05 bits per heavy atom. The molecule has 0 spiro atoms. The average Bonchev–Trinajstić information content (AvgIpc) is 2.44. The molecule has 0 saturated carbocycles. The third-order valence-electron chi connectivity index (χ3n) is 2.89. The molecule has 2 N–H and O–H groups in total. The van der Waals surface area contributed by atoms with Crippen LogP contribution in [-0.2, 0) is 9.59 Å². The Balaban J connectivity index is 2.15. The molecule has 0 unspecified atom stereocenters. The molecule has 0 aromatic heterocycles. The molecule has 2 amide bonds. The van der Waals surface area contributed by atoms with Gasteiger partial charge in [0.1, 0.15) is 12.4 Å². The number of hydrogen-bond donors (Lipinski definition) is 2. The molecule has 5 nitrogen and oxygen atoms in total. The second-order valence-electron chi connectivity index (χ2n) is 5.36. The lowest BCUT2D eigenvalue weighted by Gasteiger charge is -2.09. The van der Waals surface area contributed by atoms with Crippen LogP contribution in [0.3, 0.4) is 0 Å². The summed E-state index contributed by atoms with van der Waals surface area (Å²) in [5, 5.41) is 5.11. The highest BCUT2D eigenvalue weighted by Crippen LogP contribution is 2.10. The summed E-state index contributed by atoms with van der Waals surface area (Å²) in [6, 6.07) is 7.65. The number of aryl methyl sites for hydroxylation is 1. The number of carbonyl (C=O) groups excluding carboxylic acids is 2. The normalized spacial score (nSPS) is 10.3. The van der Waals surface area contributed by atoms with E-state index >= 15 is 0 Å². The molecule has 0 aliphatic heterocycles. The van der Waals surface area contributed by atoms with Gasteiger partial charge >= 0.3 is 11.8 Å². The molecule has 0 atom stereocenters. The molecule has 0 fully saturated rings. The van der Waals surface area contributed by atoms with E-state index in [1.54, 1.807) is 0 Å². The van der Waals surface area contributed by atoms with Crippen molar-refractivity contribution in [2.75, 3.05) is 19.7 Å². The first-order valence-corrected chi connectivity index (χ1v) is 7.24. The molecule has 21 heavy (non-hydrogen) atoms. The maximum atomic E-state index is 11.5. The van der Waals surface area contributed by atoms with Crippen molar-refractivity contribution in [2.45, 2.75) is 27.2 Å². The predicted octanol–water partition coefficient (Wildman–Crippen LogP) is 1.65. The van der Waals surface area contributed by atoms with Gasteiger partial charge in [-0.2, -0.15) is 0 Å². The third kappa shape index (κ3) is 7.34. The molecule has 0 radical (unpaired) electrons. The van der Waals surface area contributed by atoms with E-state index < -0.39 is 11.8 Å². The number of ether oxygens (including phenoxy) is 1. The highest BCUT2D eigenvalue weighted by Gasteiger charge is 2.11. The SMILES string of the molecule is Cc1ccc(OCCNC(=O)C(=O)NCCC(C)C)cc1. The van der Waals surface area contributed by atoms with Crippen LogP contribution in [0.1, 0.15) is 25.8 Å². The zero-order chi connectivity index (χ0) is 15.7. The molecule has 1 aromatic rings. The Bertz CT molecular complexity index is 455. The van der Waals surface area contributed by atoms with E-state index in [9.17, 15) is 9.59 Å². The van der Waals surface area contributed by atoms with E-state index in [0.29, 0.717) is 25.6 Å². The van der Waals surface area contributed by atoms with Crippen LogP contribution in [0.5, 0.6) is 5.75 Å². The summed E-state index contributed by atoms with van der Waals surface area (Å²) in [5.41, 5.74) is 1.16. The Morgan fingerprint density at radius 3 is 2.19 bits per heavy atom. The molecule has 0 aliphatic carbocycles.